The highest BCUT2D eigenvalue weighted by atomic mass is 127. The fourth-order valence-electron chi connectivity index (χ4n) is 1.80. The molecule has 2 aromatic rings. The SMILES string of the molecule is Cc1cc(-c2ccc(O)cc2)ccc1CNI. The van der Waals surface area contributed by atoms with Crippen LogP contribution >= 0.6 is 22.9 Å². The van der Waals surface area contributed by atoms with Gasteiger partial charge in [0, 0.05) is 29.4 Å². The molecule has 0 amide bonds. The first-order valence-corrected chi connectivity index (χ1v) is 6.51. The van der Waals surface area contributed by atoms with E-state index in [1.807, 2.05) is 12.1 Å². The lowest BCUT2D eigenvalue weighted by Gasteiger charge is -2.08. The first-order chi connectivity index (χ1) is 8.20. The number of halogens is 1. The van der Waals surface area contributed by atoms with Gasteiger partial charge in [-0.25, -0.2) is 0 Å². The molecule has 0 saturated heterocycles. The van der Waals surface area contributed by atoms with Gasteiger partial charge in [-0.15, -0.1) is 0 Å². The third-order valence-corrected chi connectivity index (χ3v) is 3.18. The molecule has 0 aliphatic carbocycles. The van der Waals surface area contributed by atoms with Crippen molar-refractivity contribution < 1.29 is 5.11 Å². The van der Waals surface area contributed by atoms with Crippen LogP contribution in [0.5, 0.6) is 5.75 Å². The van der Waals surface area contributed by atoms with E-state index in [0.29, 0.717) is 5.75 Å². The van der Waals surface area contributed by atoms with Crippen molar-refractivity contribution in [3.05, 3.63) is 53.6 Å². The number of hydrogen-bond acceptors (Lipinski definition) is 2. The van der Waals surface area contributed by atoms with Crippen LogP contribution in [0.2, 0.25) is 0 Å². The van der Waals surface area contributed by atoms with Gasteiger partial charge in [0.15, 0.2) is 0 Å². The molecule has 0 bridgehead atoms. The molecule has 0 radical (unpaired) electrons. The number of aryl methyl sites for hydroxylation is 1. The maximum atomic E-state index is 9.26. The molecule has 2 nitrogen and oxygen atoms in total. The van der Waals surface area contributed by atoms with Crippen molar-refractivity contribution in [2.75, 3.05) is 0 Å². The van der Waals surface area contributed by atoms with Gasteiger partial charge in [0.2, 0.25) is 0 Å². The normalized spacial score (nSPS) is 10.5. The molecule has 0 atom stereocenters. The molecule has 0 unspecified atom stereocenters. The Morgan fingerprint density at radius 3 is 2.29 bits per heavy atom. The molecular weight excluding hydrogens is 325 g/mol. The fourth-order valence-corrected chi connectivity index (χ4v) is 2.21. The summed E-state index contributed by atoms with van der Waals surface area (Å²) < 4.78 is 3.13. The van der Waals surface area contributed by atoms with E-state index in [0.717, 1.165) is 12.1 Å². The van der Waals surface area contributed by atoms with E-state index >= 15 is 0 Å². The van der Waals surface area contributed by atoms with Gasteiger partial charge in [0.1, 0.15) is 5.75 Å². The zero-order valence-electron chi connectivity index (χ0n) is 9.57. The molecular formula is C14H14INO. The summed E-state index contributed by atoms with van der Waals surface area (Å²) >= 11 is 2.15. The van der Waals surface area contributed by atoms with Gasteiger partial charge < -0.3 is 5.11 Å². The highest BCUT2D eigenvalue weighted by Gasteiger charge is 2.02. The lowest BCUT2D eigenvalue weighted by atomic mass is 10.00. The Hall–Kier alpha value is -1.07. The fraction of sp³-hybridized carbons (Fsp3) is 0.143. The van der Waals surface area contributed by atoms with E-state index in [2.05, 4.69) is 51.5 Å². The number of nitrogens with one attached hydrogen (secondary N) is 1. The van der Waals surface area contributed by atoms with Crippen LogP contribution in [0.1, 0.15) is 11.1 Å². The van der Waals surface area contributed by atoms with E-state index in [4.69, 9.17) is 0 Å². The molecule has 88 valence electrons. The summed E-state index contributed by atoms with van der Waals surface area (Å²) in [5, 5.41) is 9.26. The average Bonchev–Trinajstić information content (AvgIpc) is 2.33. The molecule has 0 fully saturated rings. The topological polar surface area (TPSA) is 32.3 Å². The monoisotopic (exact) mass is 339 g/mol. The lowest BCUT2D eigenvalue weighted by molar-refractivity contribution is 0.475. The van der Waals surface area contributed by atoms with E-state index < -0.39 is 0 Å². The molecule has 0 spiro atoms. The van der Waals surface area contributed by atoms with E-state index in [-0.39, 0.29) is 0 Å². The summed E-state index contributed by atoms with van der Waals surface area (Å²) in [5.41, 5.74) is 4.89. The van der Waals surface area contributed by atoms with Gasteiger partial charge >= 0.3 is 0 Å². The predicted octanol–water partition coefficient (Wildman–Crippen LogP) is 3.81. The Morgan fingerprint density at radius 2 is 1.71 bits per heavy atom. The van der Waals surface area contributed by atoms with Gasteiger partial charge in [0.05, 0.1) is 0 Å². The highest BCUT2D eigenvalue weighted by Crippen LogP contribution is 2.24. The Kier molecular flexibility index (Phi) is 4.02. The van der Waals surface area contributed by atoms with Crippen LogP contribution in [0.4, 0.5) is 0 Å². The van der Waals surface area contributed by atoms with Crippen molar-refractivity contribution in [3.63, 3.8) is 0 Å². The second-order valence-electron chi connectivity index (χ2n) is 4.00. The van der Waals surface area contributed by atoms with Gasteiger partial charge in [-0.3, -0.25) is 3.53 Å². The van der Waals surface area contributed by atoms with Gasteiger partial charge in [-0.1, -0.05) is 30.3 Å². The molecule has 17 heavy (non-hydrogen) atoms. The van der Waals surface area contributed by atoms with Crippen molar-refractivity contribution in [2.24, 2.45) is 0 Å². The standard InChI is InChI=1S/C14H14INO/c1-10-8-12(2-3-13(10)9-16-15)11-4-6-14(17)7-5-11/h2-8,16-17H,9H2,1H3. The van der Waals surface area contributed by atoms with Gasteiger partial charge in [-0.2, -0.15) is 0 Å². The molecule has 2 N–H and O–H groups in total. The molecule has 0 aliphatic rings. The molecule has 2 rings (SSSR count). The summed E-state index contributed by atoms with van der Waals surface area (Å²) in [6.45, 7) is 3.00. The minimum atomic E-state index is 0.302. The summed E-state index contributed by atoms with van der Waals surface area (Å²) in [6, 6.07) is 13.7. The van der Waals surface area contributed by atoms with Crippen LogP contribution in [-0.4, -0.2) is 5.11 Å². The largest absolute Gasteiger partial charge is 0.508 e. The zero-order chi connectivity index (χ0) is 12.3. The van der Waals surface area contributed by atoms with E-state index in [1.165, 1.54) is 16.7 Å². The Morgan fingerprint density at radius 1 is 1.06 bits per heavy atom. The predicted molar refractivity (Wildman–Crippen MR) is 79.1 cm³/mol. The van der Waals surface area contributed by atoms with Crippen molar-refractivity contribution >= 4 is 22.9 Å². The Bertz CT molecular complexity index is 508. The third-order valence-electron chi connectivity index (χ3n) is 2.80. The van der Waals surface area contributed by atoms with Crippen LogP contribution in [0.15, 0.2) is 42.5 Å². The minimum Gasteiger partial charge on any atom is -0.508 e. The molecule has 0 saturated carbocycles. The Labute approximate surface area is 115 Å². The van der Waals surface area contributed by atoms with Gasteiger partial charge in [0.25, 0.3) is 0 Å². The molecule has 0 aromatic heterocycles. The van der Waals surface area contributed by atoms with Crippen LogP contribution in [-0.2, 0) is 6.54 Å². The summed E-state index contributed by atoms with van der Waals surface area (Å²) in [5.74, 6) is 0.302. The average molecular weight is 339 g/mol. The van der Waals surface area contributed by atoms with Gasteiger partial charge in [-0.05, 0) is 41.3 Å². The Balaban J connectivity index is 2.34. The zero-order valence-corrected chi connectivity index (χ0v) is 11.7. The second-order valence-corrected chi connectivity index (χ2v) is 4.76. The van der Waals surface area contributed by atoms with Crippen molar-refractivity contribution in [1.29, 1.82) is 0 Å². The molecule has 0 aliphatic heterocycles. The first kappa shape index (κ1) is 12.4. The number of rotatable bonds is 3. The minimum absolute atomic E-state index is 0.302. The third kappa shape index (κ3) is 2.98. The van der Waals surface area contributed by atoms with Crippen LogP contribution in [0.25, 0.3) is 11.1 Å². The molecule has 3 heteroatoms. The molecule has 2 aromatic carbocycles. The first-order valence-electron chi connectivity index (χ1n) is 5.43. The molecule has 0 heterocycles. The maximum absolute atomic E-state index is 9.26. The van der Waals surface area contributed by atoms with Crippen LogP contribution in [0, 0.1) is 6.92 Å². The number of hydrogen-bond donors (Lipinski definition) is 2. The lowest BCUT2D eigenvalue weighted by Crippen LogP contribution is -1.99. The van der Waals surface area contributed by atoms with Crippen molar-refractivity contribution in [1.82, 2.24) is 3.53 Å². The smallest absolute Gasteiger partial charge is 0.115 e. The highest BCUT2D eigenvalue weighted by molar-refractivity contribution is 14.1. The maximum Gasteiger partial charge on any atom is 0.115 e. The number of benzene rings is 2. The number of aromatic hydroxyl groups is 1. The number of phenolic OH excluding ortho intramolecular Hbond substituents is 1. The van der Waals surface area contributed by atoms with E-state index in [9.17, 15) is 5.11 Å². The quantitative estimate of drug-likeness (QED) is 0.658. The van der Waals surface area contributed by atoms with Crippen LogP contribution in [0.3, 0.4) is 0 Å². The number of phenols is 1. The van der Waals surface area contributed by atoms with Crippen LogP contribution < -0.4 is 3.53 Å². The van der Waals surface area contributed by atoms with E-state index in [1.54, 1.807) is 12.1 Å². The van der Waals surface area contributed by atoms with Crippen molar-refractivity contribution in [2.45, 2.75) is 13.5 Å². The summed E-state index contributed by atoms with van der Waals surface area (Å²) in [7, 11) is 0. The summed E-state index contributed by atoms with van der Waals surface area (Å²) in [4.78, 5) is 0. The second kappa shape index (κ2) is 5.51. The van der Waals surface area contributed by atoms with Crippen molar-refractivity contribution in [3.8, 4) is 16.9 Å². The summed E-state index contributed by atoms with van der Waals surface area (Å²) in [6.07, 6.45) is 0.